The van der Waals surface area contributed by atoms with Crippen molar-refractivity contribution in [2.24, 2.45) is 4.76 Å². The summed E-state index contributed by atoms with van der Waals surface area (Å²) in [6.45, 7) is 2.55. The van der Waals surface area contributed by atoms with E-state index in [0.29, 0.717) is 13.2 Å². The molecule has 0 aromatic heterocycles. The first-order valence-electron chi connectivity index (χ1n) is 4.45. The second-order valence-electron chi connectivity index (χ2n) is 2.37. The number of rotatable bonds is 5. The summed E-state index contributed by atoms with van der Waals surface area (Å²) in [5, 5.41) is 0. The van der Waals surface area contributed by atoms with E-state index in [1.54, 1.807) is 23.5 Å². The van der Waals surface area contributed by atoms with Crippen LogP contribution < -0.4 is 0 Å². The molecule has 0 saturated carbocycles. The molecule has 0 N–H and O–H groups in total. The Morgan fingerprint density at radius 2 is 1.79 bits per heavy atom. The first kappa shape index (κ1) is 13.0. The van der Waals surface area contributed by atoms with Crippen LogP contribution >= 0.6 is 30.2 Å². The number of nitrogens with zero attached hydrogens (tertiary/aromatic N) is 1. The van der Waals surface area contributed by atoms with E-state index in [-0.39, 0.29) is 0 Å². The SMILES string of the molecule is CCOP(=S)(N=C1SCCS1)OCC. The van der Waals surface area contributed by atoms with Crippen LogP contribution in [0.3, 0.4) is 0 Å². The largest absolute Gasteiger partial charge is 0.313 e. The molecule has 82 valence electrons. The second-order valence-corrected chi connectivity index (χ2v) is 7.83. The maximum Gasteiger partial charge on any atom is 0.310 e. The van der Waals surface area contributed by atoms with Gasteiger partial charge in [-0.15, -0.1) is 0 Å². The average molecular weight is 271 g/mol. The predicted octanol–water partition coefficient (Wildman–Crippen LogP) is 3.12. The average Bonchev–Trinajstić information content (AvgIpc) is 2.57. The molecule has 0 aromatic rings. The van der Waals surface area contributed by atoms with Gasteiger partial charge in [-0.2, -0.15) is 4.76 Å². The van der Waals surface area contributed by atoms with Crippen molar-refractivity contribution in [3.05, 3.63) is 0 Å². The van der Waals surface area contributed by atoms with Crippen molar-refractivity contribution in [1.82, 2.24) is 0 Å². The Balaban J connectivity index is 2.66. The first-order valence-corrected chi connectivity index (χ1v) is 9.01. The van der Waals surface area contributed by atoms with Gasteiger partial charge in [-0.05, 0) is 25.7 Å². The minimum Gasteiger partial charge on any atom is -0.313 e. The van der Waals surface area contributed by atoms with Gasteiger partial charge in [0.05, 0.1) is 13.2 Å². The molecule has 1 saturated heterocycles. The predicted molar refractivity (Wildman–Crippen MR) is 69.9 cm³/mol. The number of thioether (sulfide) groups is 2. The van der Waals surface area contributed by atoms with Gasteiger partial charge >= 0.3 is 6.64 Å². The lowest BCUT2D eigenvalue weighted by molar-refractivity contribution is 0.268. The van der Waals surface area contributed by atoms with Gasteiger partial charge < -0.3 is 9.05 Å². The molecule has 1 aliphatic heterocycles. The van der Waals surface area contributed by atoms with Crippen LogP contribution in [0.1, 0.15) is 13.8 Å². The summed E-state index contributed by atoms with van der Waals surface area (Å²) in [4.78, 5) is 0. The molecule has 1 aliphatic rings. The fourth-order valence-electron chi connectivity index (χ4n) is 0.879. The van der Waals surface area contributed by atoms with E-state index in [1.165, 1.54) is 0 Å². The van der Waals surface area contributed by atoms with Crippen LogP contribution in [0.25, 0.3) is 0 Å². The van der Waals surface area contributed by atoms with Crippen LogP contribution in [-0.2, 0) is 20.9 Å². The van der Waals surface area contributed by atoms with Crippen LogP contribution in [-0.4, -0.2) is 29.1 Å². The first-order chi connectivity index (χ1) is 6.70. The highest BCUT2D eigenvalue weighted by Gasteiger charge is 2.20. The van der Waals surface area contributed by atoms with Crippen molar-refractivity contribution in [3.63, 3.8) is 0 Å². The lowest BCUT2D eigenvalue weighted by Gasteiger charge is -2.15. The molecule has 0 radical (unpaired) electrons. The molecular formula is C7H14NO2PS3. The third kappa shape index (κ3) is 4.21. The summed E-state index contributed by atoms with van der Waals surface area (Å²) in [6, 6.07) is 0. The fraction of sp³-hybridized carbons (Fsp3) is 0.857. The molecule has 0 unspecified atom stereocenters. The van der Waals surface area contributed by atoms with Crippen molar-refractivity contribution < 1.29 is 9.05 Å². The van der Waals surface area contributed by atoms with Gasteiger partial charge in [0.1, 0.15) is 4.38 Å². The molecule has 0 amide bonds. The fourth-order valence-corrected chi connectivity index (χ4v) is 6.06. The molecule has 1 rings (SSSR count). The maximum absolute atomic E-state index is 5.42. The molecule has 3 nitrogen and oxygen atoms in total. The highest BCUT2D eigenvalue weighted by molar-refractivity contribution is 8.41. The topological polar surface area (TPSA) is 30.8 Å². The Morgan fingerprint density at radius 3 is 2.21 bits per heavy atom. The molecule has 1 heterocycles. The Hall–Kier alpha value is 0.940. The number of hydrogen-bond acceptors (Lipinski definition) is 5. The zero-order chi connectivity index (χ0) is 10.4. The van der Waals surface area contributed by atoms with E-state index in [9.17, 15) is 0 Å². The monoisotopic (exact) mass is 271 g/mol. The molecule has 0 aromatic carbocycles. The second kappa shape index (κ2) is 6.51. The van der Waals surface area contributed by atoms with Gasteiger partial charge in [-0.25, -0.2) is 0 Å². The summed E-state index contributed by atoms with van der Waals surface area (Å²) >= 11 is 8.76. The van der Waals surface area contributed by atoms with Gasteiger partial charge in [0.15, 0.2) is 0 Å². The quantitative estimate of drug-likeness (QED) is 0.717. The standard InChI is InChI=1S/C7H14NO2PS3/c1-3-9-11(12,10-4-2)8-7-13-5-6-14-7/h3-6H2,1-2H3. The zero-order valence-corrected chi connectivity index (χ0v) is 11.6. The van der Waals surface area contributed by atoms with Gasteiger partial charge in [-0.1, -0.05) is 23.5 Å². The smallest absolute Gasteiger partial charge is 0.310 e. The van der Waals surface area contributed by atoms with E-state index < -0.39 is 6.64 Å². The molecule has 0 aliphatic carbocycles. The Morgan fingerprint density at radius 1 is 1.29 bits per heavy atom. The van der Waals surface area contributed by atoms with Crippen molar-refractivity contribution in [3.8, 4) is 0 Å². The van der Waals surface area contributed by atoms with Crippen molar-refractivity contribution in [2.45, 2.75) is 13.8 Å². The summed E-state index contributed by atoms with van der Waals surface area (Å²) in [5.41, 5.74) is 0. The zero-order valence-electron chi connectivity index (χ0n) is 8.26. The summed E-state index contributed by atoms with van der Waals surface area (Å²) in [6.07, 6.45) is 0. The lowest BCUT2D eigenvalue weighted by atomic mass is 10.9. The summed E-state index contributed by atoms with van der Waals surface area (Å²) in [7, 11) is 0. The number of hydrogen-bond donors (Lipinski definition) is 0. The van der Waals surface area contributed by atoms with E-state index in [0.717, 1.165) is 15.9 Å². The normalized spacial score (nSPS) is 17.4. The van der Waals surface area contributed by atoms with E-state index in [2.05, 4.69) is 4.76 Å². The Kier molecular flexibility index (Phi) is 6.05. The molecule has 7 heteroatoms. The van der Waals surface area contributed by atoms with Crippen LogP contribution in [0, 0.1) is 0 Å². The van der Waals surface area contributed by atoms with Crippen molar-refractivity contribution >= 4 is 46.3 Å². The van der Waals surface area contributed by atoms with Gasteiger partial charge in [-0.3, -0.25) is 0 Å². The van der Waals surface area contributed by atoms with Crippen LogP contribution in [0.15, 0.2) is 4.76 Å². The minimum atomic E-state index is -2.39. The van der Waals surface area contributed by atoms with Gasteiger partial charge in [0.2, 0.25) is 0 Å². The minimum absolute atomic E-state index is 0.559. The van der Waals surface area contributed by atoms with Crippen LogP contribution in [0.4, 0.5) is 0 Å². The van der Waals surface area contributed by atoms with Crippen LogP contribution in [0.5, 0.6) is 0 Å². The van der Waals surface area contributed by atoms with E-state index in [4.69, 9.17) is 20.9 Å². The molecule has 0 spiro atoms. The van der Waals surface area contributed by atoms with E-state index in [1.807, 2.05) is 13.8 Å². The summed E-state index contributed by atoms with van der Waals surface area (Å²) < 4.78 is 16.3. The summed E-state index contributed by atoms with van der Waals surface area (Å²) in [5.74, 6) is 2.22. The van der Waals surface area contributed by atoms with Crippen molar-refractivity contribution in [2.75, 3.05) is 24.7 Å². The van der Waals surface area contributed by atoms with Crippen molar-refractivity contribution in [1.29, 1.82) is 0 Å². The Labute approximate surface area is 98.6 Å². The molecule has 0 atom stereocenters. The Bertz CT molecular complexity index is 241. The van der Waals surface area contributed by atoms with Crippen LogP contribution in [0.2, 0.25) is 0 Å². The highest BCUT2D eigenvalue weighted by Crippen LogP contribution is 2.52. The van der Waals surface area contributed by atoms with E-state index >= 15 is 0 Å². The highest BCUT2D eigenvalue weighted by atomic mass is 32.5. The van der Waals surface area contributed by atoms with Gasteiger partial charge in [0.25, 0.3) is 0 Å². The lowest BCUT2D eigenvalue weighted by Crippen LogP contribution is -1.94. The maximum atomic E-state index is 5.42. The van der Waals surface area contributed by atoms with Gasteiger partial charge in [0, 0.05) is 11.5 Å². The third-order valence-corrected chi connectivity index (χ3v) is 6.54. The molecule has 1 fully saturated rings. The molecule has 0 bridgehead atoms. The molecular weight excluding hydrogens is 257 g/mol. The molecule has 14 heavy (non-hydrogen) atoms. The third-order valence-electron chi connectivity index (χ3n) is 1.32.